The lowest BCUT2D eigenvalue weighted by molar-refractivity contribution is -0.130. The molecule has 0 rings (SSSR count). The van der Waals surface area contributed by atoms with Gasteiger partial charge in [-0.25, -0.2) is 0 Å². The molecule has 0 radical (unpaired) electrons. The molecule has 1 atom stereocenters. The van der Waals surface area contributed by atoms with E-state index in [2.05, 4.69) is 5.32 Å². The molecule has 0 bridgehead atoms. The summed E-state index contributed by atoms with van der Waals surface area (Å²) in [6.45, 7) is 3.71. The maximum Gasteiger partial charge on any atom is 0.219 e. The summed E-state index contributed by atoms with van der Waals surface area (Å²) in [6.07, 6.45) is 0.881. The van der Waals surface area contributed by atoms with Gasteiger partial charge >= 0.3 is 0 Å². The Kier molecular flexibility index (Phi) is 5.38. The number of Topliss-reactive ketones (excluding diaryl/α,β-unsaturated/α-hetero) is 1. The number of methoxy groups -OCH3 is 1. The number of rotatable bonds is 6. The number of ether oxygens (including phenoxy) is 1. The van der Waals surface area contributed by atoms with E-state index < -0.39 is 5.41 Å². The molecule has 0 saturated carbocycles. The first-order valence-electron chi connectivity index (χ1n) is 4.67. The molecule has 1 unspecified atom stereocenters. The summed E-state index contributed by atoms with van der Waals surface area (Å²) in [5.74, 6) is 0.0110. The number of carbonyl (C=O) groups excluding carboxylic acids is 2. The van der Waals surface area contributed by atoms with E-state index in [1.54, 1.807) is 14.2 Å². The lowest BCUT2D eigenvalue weighted by Gasteiger charge is -2.25. The van der Waals surface area contributed by atoms with Crippen LogP contribution in [-0.4, -0.2) is 32.5 Å². The first-order valence-corrected chi connectivity index (χ1v) is 4.67. The van der Waals surface area contributed by atoms with Gasteiger partial charge in [0.25, 0.3) is 0 Å². The minimum atomic E-state index is -0.540. The Morgan fingerprint density at radius 2 is 2.00 bits per heavy atom. The smallest absolute Gasteiger partial charge is 0.219 e. The van der Waals surface area contributed by atoms with Crippen molar-refractivity contribution in [1.82, 2.24) is 5.32 Å². The predicted octanol–water partition coefficient (Wildman–Crippen LogP) is 0.754. The number of ketones is 1. The molecule has 0 aromatic rings. The first kappa shape index (κ1) is 13.1. The molecular weight excluding hydrogens is 182 g/mol. The molecule has 14 heavy (non-hydrogen) atoms. The fourth-order valence-electron chi connectivity index (χ4n) is 1.18. The summed E-state index contributed by atoms with van der Waals surface area (Å²) in [7, 11) is 3.14. The highest BCUT2D eigenvalue weighted by molar-refractivity contribution is 5.83. The maximum atomic E-state index is 11.3. The van der Waals surface area contributed by atoms with Gasteiger partial charge in [0.15, 0.2) is 0 Å². The van der Waals surface area contributed by atoms with Crippen LogP contribution < -0.4 is 5.32 Å². The molecule has 0 aliphatic rings. The van der Waals surface area contributed by atoms with Crippen LogP contribution in [0.5, 0.6) is 0 Å². The third-order valence-corrected chi connectivity index (χ3v) is 2.50. The summed E-state index contributed by atoms with van der Waals surface area (Å²) >= 11 is 0. The van der Waals surface area contributed by atoms with Crippen LogP contribution in [0.15, 0.2) is 0 Å². The number of nitrogens with one attached hydrogen (secondary N) is 1. The average molecular weight is 201 g/mol. The van der Waals surface area contributed by atoms with Gasteiger partial charge in [0.05, 0.1) is 6.61 Å². The molecule has 0 aliphatic heterocycles. The van der Waals surface area contributed by atoms with Crippen LogP contribution in [0.2, 0.25) is 0 Å². The fraction of sp³-hybridized carbons (Fsp3) is 0.800. The van der Waals surface area contributed by atoms with Gasteiger partial charge in [-0.1, -0.05) is 6.92 Å². The second-order valence-corrected chi connectivity index (χ2v) is 3.72. The van der Waals surface area contributed by atoms with Crippen LogP contribution in [0, 0.1) is 5.41 Å². The van der Waals surface area contributed by atoms with Gasteiger partial charge in [-0.3, -0.25) is 9.59 Å². The SMILES string of the molecule is CNC(=O)CCC(C)(COC)C(C)=O. The molecule has 1 amide bonds. The molecule has 0 saturated heterocycles. The Balaban J connectivity index is 4.23. The number of hydrogen-bond acceptors (Lipinski definition) is 3. The van der Waals surface area contributed by atoms with Gasteiger partial charge in [0.2, 0.25) is 5.91 Å². The van der Waals surface area contributed by atoms with Crippen molar-refractivity contribution < 1.29 is 14.3 Å². The molecule has 82 valence electrons. The number of carbonyl (C=O) groups is 2. The van der Waals surface area contributed by atoms with Crippen molar-refractivity contribution in [1.29, 1.82) is 0 Å². The van der Waals surface area contributed by atoms with E-state index in [1.807, 2.05) is 6.92 Å². The first-order chi connectivity index (χ1) is 6.46. The van der Waals surface area contributed by atoms with E-state index in [0.29, 0.717) is 19.4 Å². The molecule has 0 aromatic carbocycles. The van der Waals surface area contributed by atoms with Crippen molar-refractivity contribution in [3.63, 3.8) is 0 Å². The zero-order valence-electron chi connectivity index (χ0n) is 9.35. The maximum absolute atomic E-state index is 11.3. The van der Waals surface area contributed by atoms with Gasteiger partial charge < -0.3 is 10.1 Å². The normalized spacial score (nSPS) is 14.6. The topological polar surface area (TPSA) is 55.4 Å². The molecule has 0 aliphatic carbocycles. The monoisotopic (exact) mass is 201 g/mol. The van der Waals surface area contributed by atoms with Crippen LogP contribution >= 0.6 is 0 Å². The summed E-state index contributed by atoms with van der Waals surface area (Å²) in [4.78, 5) is 22.4. The van der Waals surface area contributed by atoms with Crippen molar-refractivity contribution >= 4 is 11.7 Å². The molecule has 4 nitrogen and oxygen atoms in total. The highest BCUT2D eigenvalue weighted by Gasteiger charge is 2.30. The fourth-order valence-corrected chi connectivity index (χ4v) is 1.18. The zero-order valence-corrected chi connectivity index (χ0v) is 9.35. The highest BCUT2D eigenvalue weighted by atomic mass is 16.5. The molecule has 0 fully saturated rings. The predicted molar refractivity (Wildman–Crippen MR) is 54.0 cm³/mol. The molecule has 4 heteroatoms. The lowest BCUT2D eigenvalue weighted by Crippen LogP contribution is -2.32. The molecule has 0 aromatic heterocycles. The van der Waals surface area contributed by atoms with Crippen LogP contribution in [0.4, 0.5) is 0 Å². The Morgan fingerprint density at radius 1 is 1.43 bits per heavy atom. The third-order valence-electron chi connectivity index (χ3n) is 2.50. The second-order valence-electron chi connectivity index (χ2n) is 3.72. The molecular formula is C10H19NO3. The Bertz CT molecular complexity index is 215. The van der Waals surface area contributed by atoms with Crippen molar-refractivity contribution in [3.8, 4) is 0 Å². The van der Waals surface area contributed by atoms with Crippen molar-refractivity contribution in [2.45, 2.75) is 26.7 Å². The van der Waals surface area contributed by atoms with Crippen molar-refractivity contribution in [2.75, 3.05) is 20.8 Å². The third kappa shape index (κ3) is 3.87. The minimum absolute atomic E-state index is 0.0476. The van der Waals surface area contributed by atoms with Crippen molar-refractivity contribution in [3.05, 3.63) is 0 Å². The number of hydrogen-bond donors (Lipinski definition) is 1. The summed E-state index contributed by atoms with van der Waals surface area (Å²) < 4.78 is 4.98. The highest BCUT2D eigenvalue weighted by Crippen LogP contribution is 2.24. The lowest BCUT2D eigenvalue weighted by atomic mass is 9.82. The van der Waals surface area contributed by atoms with Crippen LogP contribution in [0.1, 0.15) is 26.7 Å². The Hall–Kier alpha value is -0.900. The Labute approximate surface area is 85.0 Å². The summed E-state index contributed by atoms with van der Waals surface area (Å²) in [5, 5.41) is 2.53. The van der Waals surface area contributed by atoms with Gasteiger partial charge in [0.1, 0.15) is 5.78 Å². The van der Waals surface area contributed by atoms with Gasteiger partial charge in [0, 0.05) is 26.0 Å². The van der Waals surface area contributed by atoms with Gasteiger partial charge in [-0.05, 0) is 13.3 Å². The molecule has 1 N–H and O–H groups in total. The van der Waals surface area contributed by atoms with E-state index in [9.17, 15) is 9.59 Å². The second kappa shape index (κ2) is 5.75. The quantitative estimate of drug-likeness (QED) is 0.690. The minimum Gasteiger partial charge on any atom is -0.384 e. The van der Waals surface area contributed by atoms with Crippen LogP contribution in [-0.2, 0) is 14.3 Å². The van der Waals surface area contributed by atoms with Gasteiger partial charge in [-0.15, -0.1) is 0 Å². The van der Waals surface area contributed by atoms with E-state index in [0.717, 1.165) is 0 Å². The number of amides is 1. The van der Waals surface area contributed by atoms with Crippen LogP contribution in [0.3, 0.4) is 0 Å². The van der Waals surface area contributed by atoms with Gasteiger partial charge in [-0.2, -0.15) is 0 Å². The molecule has 0 spiro atoms. The van der Waals surface area contributed by atoms with E-state index in [-0.39, 0.29) is 11.7 Å². The largest absolute Gasteiger partial charge is 0.384 e. The summed E-state index contributed by atoms with van der Waals surface area (Å²) in [5.41, 5.74) is -0.540. The van der Waals surface area contributed by atoms with E-state index in [4.69, 9.17) is 4.74 Å². The summed E-state index contributed by atoms with van der Waals surface area (Å²) in [6, 6.07) is 0. The van der Waals surface area contributed by atoms with E-state index in [1.165, 1.54) is 6.92 Å². The standard InChI is InChI=1S/C10H19NO3/c1-8(12)10(2,7-14-4)6-5-9(13)11-3/h5-7H2,1-4H3,(H,11,13). The Morgan fingerprint density at radius 3 is 2.36 bits per heavy atom. The zero-order chi connectivity index (χ0) is 11.2. The average Bonchev–Trinajstić information content (AvgIpc) is 2.14. The molecule has 0 heterocycles. The van der Waals surface area contributed by atoms with Crippen LogP contribution in [0.25, 0.3) is 0 Å². The van der Waals surface area contributed by atoms with E-state index >= 15 is 0 Å². The van der Waals surface area contributed by atoms with Crippen molar-refractivity contribution in [2.24, 2.45) is 5.41 Å².